The summed E-state index contributed by atoms with van der Waals surface area (Å²) < 4.78 is 5.39. The Morgan fingerprint density at radius 2 is 1.89 bits per heavy atom. The first-order chi connectivity index (χ1) is 13.2. The third kappa shape index (κ3) is 6.45. The van der Waals surface area contributed by atoms with E-state index >= 15 is 0 Å². The first kappa shape index (κ1) is 20.0. The zero-order chi connectivity index (χ0) is 18.9. The SMILES string of the molecule is O=C(Nc1ccccc1)C1CCN(C(=S)NCCC[NH+]2CCOCC2)CC1. The van der Waals surface area contributed by atoms with E-state index < -0.39 is 0 Å². The molecule has 1 aromatic rings. The highest BCUT2D eigenvalue weighted by molar-refractivity contribution is 7.80. The summed E-state index contributed by atoms with van der Waals surface area (Å²) in [4.78, 5) is 16.2. The molecule has 7 heteroatoms. The third-order valence-electron chi connectivity index (χ3n) is 5.38. The third-order valence-corrected chi connectivity index (χ3v) is 5.78. The predicted octanol–water partition coefficient (Wildman–Crippen LogP) is 0.517. The molecule has 2 heterocycles. The predicted molar refractivity (Wildman–Crippen MR) is 111 cm³/mol. The number of morpholine rings is 1. The summed E-state index contributed by atoms with van der Waals surface area (Å²) in [5.41, 5.74) is 0.865. The van der Waals surface area contributed by atoms with Crippen molar-refractivity contribution < 1.29 is 14.4 Å². The van der Waals surface area contributed by atoms with Crippen molar-refractivity contribution in [3.8, 4) is 0 Å². The van der Waals surface area contributed by atoms with E-state index in [-0.39, 0.29) is 11.8 Å². The molecule has 0 atom stereocenters. The lowest BCUT2D eigenvalue weighted by molar-refractivity contribution is -0.908. The van der Waals surface area contributed by atoms with Crippen LogP contribution in [0.4, 0.5) is 5.69 Å². The van der Waals surface area contributed by atoms with Gasteiger partial charge in [-0.1, -0.05) is 18.2 Å². The van der Waals surface area contributed by atoms with Crippen molar-refractivity contribution in [1.29, 1.82) is 0 Å². The van der Waals surface area contributed by atoms with Gasteiger partial charge in [-0.2, -0.15) is 0 Å². The van der Waals surface area contributed by atoms with E-state index in [1.54, 1.807) is 4.90 Å². The number of quaternary nitrogens is 1. The number of rotatable bonds is 6. The summed E-state index contributed by atoms with van der Waals surface area (Å²) in [5.74, 6) is 0.183. The van der Waals surface area contributed by atoms with Crippen LogP contribution in [0, 0.1) is 5.92 Å². The van der Waals surface area contributed by atoms with Crippen LogP contribution in [0.15, 0.2) is 30.3 Å². The minimum atomic E-state index is 0.0641. The molecule has 0 aliphatic carbocycles. The number of hydrogen-bond acceptors (Lipinski definition) is 3. The van der Waals surface area contributed by atoms with Gasteiger partial charge in [0.2, 0.25) is 5.91 Å². The first-order valence-corrected chi connectivity index (χ1v) is 10.4. The van der Waals surface area contributed by atoms with Crippen LogP contribution >= 0.6 is 12.2 Å². The number of carbonyl (C=O) groups is 1. The number of piperidine rings is 1. The standard InChI is InChI=1S/C20H30N4O2S/c25-19(22-18-5-2-1-3-6-18)17-7-11-24(12-8-17)20(27)21-9-4-10-23-13-15-26-16-14-23/h1-3,5-6,17H,4,7-16H2,(H,21,27)(H,22,25)/p+1. The van der Waals surface area contributed by atoms with Crippen LogP contribution in [-0.2, 0) is 9.53 Å². The lowest BCUT2D eigenvalue weighted by Gasteiger charge is -2.33. The Morgan fingerprint density at radius 3 is 2.59 bits per heavy atom. The number of thiocarbonyl (C=S) groups is 1. The van der Waals surface area contributed by atoms with Crippen LogP contribution < -0.4 is 15.5 Å². The molecule has 0 spiro atoms. The quantitative estimate of drug-likeness (QED) is 0.488. The number of para-hydroxylation sites is 1. The number of hydrogen-bond donors (Lipinski definition) is 3. The molecule has 1 amide bonds. The van der Waals surface area contributed by atoms with Crippen molar-refractivity contribution in [1.82, 2.24) is 10.2 Å². The Labute approximate surface area is 167 Å². The monoisotopic (exact) mass is 391 g/mol. The van der Waals surface area contributed by atoms with E-state index in [2.05, 4.69) is 15.5 Å². The number of nitrogens with one attached hydrogen (secondary N) is 3. The molecule has 0 unspecified atom stereocenters. The molecule has 6 nitrogen and oxygen atoms in total. The maximum atomic E-state index is 12.4. The highest BCUT2D eigenvalue weighted by Gasteiger charge is 2.26. The molecular formula is C20H31N4O2S+. The highest BCUT2D eigenvalue weighted by atomic mass is 32.1. The summed E-state index contributed by atoms with van der Waals surface area (Å²) in [5, 5.41) is 7.23. The van der Waals surface area contributed by atoms with Crippen molar-refractivity contribution >= 4 is 28.9 Å². The molecule has 148 valence electrons. The highest BCUT2D eigenvalue weighted by Crippen LogP contribution is 2.19. The van der Waals surface area contributed by atoms with Gasteiger partial charge in [0.1, 0.15) is 13.1 Å². The summed E-state index contributed by atoms with van der Waals surface area (Å²) >= 11 is 5.54. The fourth-order valence-electron chi connectivity index (χ4n) is 3.67. The minimum absolute atomic E-state index is 0.0641. The van der Waals surface area contributed by atoms with Crippen molar-refractivity contribution in [2.45, 2.75) is 19.3 Å². The Bertz CT molecular complexity index is 599. The molecule has 2 saturated heterocycles. The Morgan fingerprint density at radius 1 is 1.19 bits per heavy atom. The minimum Gasteiger partial charge on any atom is -0.370 e. The molecule has 0 radical (unpaired) electrons. The van der Waals surface area contributed by atoms with Gasteiger partial charge in [0.05, 0.1) is 19.8 Å². The van der Waals surface area contributed by atoms with Gasteiger partial charge in [-0.25, -0.2) is 0 Å². The summed E-state index contributed by atoms with van der Waals surface area (Å²) in [7, 11) is 0. The number of likely N-dealkylation sites (tertiary alicyclic amines) is 1. The molecule has 1 aromatic carbocycles. The number of anilines is 1. The second-order valence-corrected chi connectivity index (χ2v) is 7.70. The second kappa shape index (κ2) is 10.6. The Kier molecular flexibility index (Phi) is 7.86. The smallest absolute Gasteiger partial charge is 0.227 e. The summed E-state index contributed by atoms with van der Waals surface area (Å²) in [6.07, 6.45) is 2.81. The molecule has 27 heavy (non-hydrogen) atoms. The molecule has 0 bridgehead atoms. The van der Waals surface area contributed by atoms with E-state index in [0.717, 1.165) is 76.0 Å². The molecule has 0 aromatic heterocycles. The fourth-order valence-corrected chi connectivity index (χ4v) is 3.95. The first-order valence-electron chi connectivity index (χ1n) is 10.0. The molecule has 2 aliphatic rings. The zero-order valence-corrected chi connectivity index (χ0v) is 16.7. The van der Waals surface area contributed by atoms with E-state index in [4.69, 9.17) is 17.0 Å². The van der Waals surface area contributed by atoms with Crippen LogP contribution in [0.2, 0.25) is 0 Å². The maximum absolute atomic E-state index is 12.4. The molecule has 2 fully saturated rings. The fraction of sp³-hybridized carbons (Fsp3) is 0.600. The molecular weight excluding hydrogens is 360 g/mol. The Hall–Kier alpha value is -1.70. The number of ether oxygens (including phenoxy) is 1. The average Bonchev–Trinajstić information content (AvgIpc) is 2.72. The van der Waals surface area contributed by atoms with Crippen molar-refractivity contribution in [2.24, 2.45) is 5.92 Å². The van der Waals surface area contributed by atoms with Crippen LogP contribution in [0.25, 0.3) is 0 Å². The van der Waals surface area contributed by atoms with E-state index in [1.807, 2.05) is 30.3 Å². The van der Waals surface area contributed by atoms with E-state index in [0.29, 0.717) is 0 Å². The van der Waals surface area contributed by atoms with Gasteiger partial charge in [-0.05, 0) is 37.2 Å². The van der Waals surface area contributed by atoms with Gasteiger partial charge < -0.3 is 25.2 Å². The number of carbonyl (C=O) groups excluding carboxylic acids is 1. The average molecular weight is 392 g/mol. The van der Waals surface area contributed by atoms with Crippen molar-refractivity contribution in [3.05, 3.63) is 30.3 Å². The summed E-state index contributed by atoms with van der Waals surface area (Å²) in [6, 6.07) is 9.66. The van der Waals surface area contributed by atoms with E-state index in [9.17, 15) is 4.79 Å². The van der Waals surface area contributed by atoms with Crippen molar-refractivity contribution in [2.75, 3.05) is 57.8 Å². The number of nitrogens with zero attached hydrogens (tertiary/aromatic N) is 1. The van der Waals surface area contributed by atoms with Gasteiger partial charge in [-0.3, -0.25) is 4.79 Å². The van der Waals surface area contributed by atoms with Gasteiger partial charge in [-0.15, -0.1) is 0 Å². The van der Waals surface area contributed by atoms with Crippen LogP contribution in [-0.4, -0.2) is 68.4 Å². The van der Waals surface area contributed by atoms with E-state index in [1.165, 1.54) is 6.54 Å². The van der Waals surface area contributed by atoms with Crippen LogP contribution in [0.1, 0.15) is 19.3 Å². The summed E-state index contributed by atoms with van der Waals surface area (Å²) in [6.45, 7) is 7.76. The molecule has 2 aliphatic heterocycles. The van der Waals surface area contributed by atoms with Gasteiger partial charge in [0, 0.05) is 37.7 Å². The van der Waals surface area contributed by atoms with Crippen LogP contribution in [0.3, 0.4) is 0 Å². The number of benzene rings is 1. The molecule has 3 N–H and O–H groups in total. The molecule has 0 saturated carbocycles. The lowest BCUT2D eigenvalue weighted by atomic mass is 9.96. The maximum Gasteiger partial charge on any atom is 0.227 e. The number of amides is 1. The zero-order valence-electron chi connectivity index (χ0n) is 15.9. The largest absolute Gasteiger partial charge is 0.370 e. The second-order valence-electron chi connectivity index (χ2n) is 7.31. The normalized spacial score (nSPS) is 18.9. The Balaban J connectivity index is 1.31. The lowest BCUT2D eigenvalue weighted by Crippen LogP contribution is -3.14. The van der Waals surface area contributed by atoms with Gasteiger partial charge in [0.25, 0.3) is 0 Å². The van der Waals surface area contributed by atoms with Crippen LogP contribution in [0.5, 0.6) is 0 Å². The molecule has 3 rings (SSSR count). The van der Waals surface area contributed by atoms with Gasteiger partial charge >= 0.3 is 0 Å². The topological polar surface area (TPSA) is 58.0 Å². The van der Waals surface area contributed by atoms with Crippen molar-refractivity contribution in [3.63, 3.8) is 0 Å². The van der Waals surface area contributed by atoms with Gasteiger partial charge in [0.15, 0.2) is 5.11 Å².